The van der Waals surface area contributed by atoms with Gasteiger partial charge >= 0.3 is 11.6 Å². The van der Waals surface area contributed by atoms with E-state index >= 15 is 0 Å². The Morgan fingerprint density at radius 3 is 2.45 bits per heavy atom. The summed E-state index contributed by atoms with van der Waals surface area (Å²) >= 11 is 0. The zero-order chi connectivity index (χ0) is 21.7. The van der Waals surface area contributed by atoms with Crippen LogP contribution in [0.4, 0.5) is 18.0 Å². The molecule has 5 nitrogen and oxygen atoms in total. The van der Waals surface area contributed by atoms with Gasteiger partial charge < -0.3 is 9.64 Å². The molecule has 1 amide bonds. The van der Waals surface area contributed by atoms with E-state index in [1.54, 1.807) is 17.0 Å². The third-order valence-electron chi connectivity index (χ3n) is 5.13. The molecule has 1 spiro atoms. The summed E-state index contributed by atoms with van der Waals surface area (Å²) in [5, 5.41) is 0. The molecular weight excluding hydrogens is 407 g/mol. The van der Waals surface area contributed by atoms with Gasteiger partial charge in [0.15, 0.2) is 0 Å². The van der Waals surface area contributed by atoms with E-state index in [0.717, 1.165) is 37.0 Å². The summed E-state index contributed by atoms with van der Waals surface area (Å²) in [6, 6.07) is 4.89. The Morgan fingerprint density at radius 2 is 1.86 bits per heavy atom. The van der Waals surface area contributed by atoms with Crippen LogP contribution in [0.25, 0.3) is 6.08 Å². The van der Waals surface area contributed by atoms with E-state index in [9.17, 15) is 26.4 Å². The van der Waals surface area contributed by atoms with Crippen molar-refractivity contribution in [2.24, 2.45) is 5.41 Å². The van der Waals surface area contributed by atoms with Gasteiger partial charge in [-0.05, 0) is 57.7 Å². The van der Waals surface area contributed by atoms with Crippen LogP contribution in [0.15, 0.2) is 34.7 Å². The summed E-state index contributed by atoms with van der Waals surface area (Å²) in [5.41, 5.74) is -4.45. The number of nitrogens with zero attached hydrogens (tertiary/aromatic N) is 1. The van der Waals surface area contributed by atoms with Crippen molar-refractivity contribution in [3.05, 3.63) is 35.4 Å². The average molecular weight is 431 g/mol. The molecule has 1 aliphatic carbocycles. The second kappa shape index (κ2) is 7.04. The first-order valence-corrected chi connectivity index (χ1v) is 10.8. The lowest BCUT2D eigenvalue weighted by atomic mass is 9.78. The molecular formula is C20H24F3NO4S. The fourth-order valence-corrected chi connectivity index (χ4v) is 4.65. The first-order chi connectivity index (χ1) is 13.2. The molecule has 0 unspecified atom stereocenters. The van der Waals surface area contributed by atoms with Crippen LogP contribution in [0, 0.1) is 5.41 Å². The molecule has 0 aromatic heterocycles. The summed E-state index contributed by atoms with van der Waals surface area (Å²) in [7, 11) is -5.37. The fourth-order valence-electron chi connectivity index (χ4n) is 3.84. The summed E-state index contributed by atoms with van der Waals surface area (Å²) in [4.78, 5) is 13.0. The van der Waals surface area contributed by atoms with Crippen molar-refractivity contribution in [1.29, 1.82) is 0 Å². The third kappa shape index (κ3) is 4.60. The molecule has 160 valence electrons. The highest BCUT2D eigenvalue weighted by Gasteiger charge is 2.49. The standard InChI is InChI=1S/C20H24F3NO4S/c1-18(2,3)28-17(25)24-12-19(13-24)8-7-15(11-19)9-14-5-4-6-16(10-14)29(26,27)20(21,22)23/h4-6,9-10H,7-8,11-13H2,1-3H3/b15-9+. The summed E-state index contributed by atoms with van der Waals surface area (Å²) in [5.74, 6) is 0. The van der Waals surface area contributed by atoms with Crippen LogP contribution in [-0.2, 0) is 14.6 Å². The van der Waals surface area contributed by atoms with Crippen LogP contribution in [-0.4, -0.2) is 43.6 Å². The van der Waals surface area contributed by atoms with E-state index in [2.05, 4.69) is 0 Å². The number of sulfone groups is 1. The molecule has 1 heterocycles. The Morgan fingerprint density at radius 1 is 1.21 bits per heavy atom. The van der Waals surface area contributed by atoms with E-state index in [1.165, 1.54) is 6.07 Å². The number of alkyl halides is 3. The summed E-state index contributed by atoms with van der Waals surface area (Å²) in [6.45, 7) is 6.60. The molecule has 0 radical (unpaired) electrons. The summed E-state index contributed by atoms with van der Waals surface area (Å²) < 4.78 is 66.9. The average Bonchev–Trinajstić information content (AvgIpc) is 2.95. The number of hydrogen-bond acceptors (Lipinski definition) is 4. The third-order valence-corrected chi connectivity index (χ3v) is 6.61. The lowest BCUT2D eigenvalue weighted by Gasteiger charge is -2.47. The van der Waals surface area contributed by atoms with E-state index in [0.29, 0.717) is 18.7 Å². The van der Waals surface area contributed by atoms with Crippen molar-refractivity contribution in [2.75, 3.05) is 13.1 Å². The van der Waals surface area contributed by atoms with E-state index < -0.39 is 25.8 Å². The topological polar surface area (TPSA) is 63.7 Å². The van der Waals surface area contributed by atoms with Crippen LogP contribution >= 0.6 is 0 Å². The van der Waals surface area contributed by atoms with Gasteiger partial charge in [-0.25, -0.2) is 13.2 Å². The lowest BCUT2D eigenvalue weighted by Crippen LogP contribution is -2.58. The van der Waals surface area contributed by atoms with Crippen LogP contribution in [0.5, 0.6) is 0 Å². The minimum atomic E-state index is -5.37. The van der Waals surface area contributed by atoms with Crippen LogP contribution in [0.2, 0.25) is 0 Å². The number of carbonyl (C=O) groups excluding carboxylic acids is 1. The molecule has 2 aliphatic rings. The number of benzene rings is 1. The van der Waals surface area contributed by atoms with E-state index in [4.69, 9.17) is 4.74 Å². The second-order valence-electron chi connectivity index (χ2n) is 8.84. The van der Waals surface area contributed by atoms with Gasteiger partial charge in [0.25, 0.3) is 9.84 Å². The molecule has 2 fully saturated rings. The summed E-state index contributed by atoms with van der Waals surface area (Å²) in [6.07, 6.45) is 3.77. The first-order valence-electron chi connectivity index (χ1n) is 9.30. The van der Waals surface area contributed by atoms with Gasteiger partial charge in [-0.15, -0.1) is 0 Å². The molecule has 9 heteroatoms. The Labute approximate surface area is 168 Å². The Kier molecular flexibility index (Phi) is 5.26. The quantitative estimate of drug-likeness (QED) is 0.676. The van der Waals surface area contributed by atoms with Crippen molar-refractivity contribution in [2.45, 2.75) is 56.0 Å². The zero-order valence-electron chi connectivity index (χ0n) is 16.5. The van der Waals surface area contributed by atoms with E-state index in [-0.39, 0.29) is 11.5 Å². The molecule has 0 N–H and O–H groups in total. The van der Waals surface area contributed by atoms with Crippen molar-refractivity contribution in [3.63, 3.8) is 0 Å². The zero-order valence-corrected chi connectivity index (χ0v) is 17.4. The number of rotatable bonds is 2. The maximum Gasteiger partial charge on any atom is 0.501 e. The Bertz CT molecular complexity index is 939. The largest absolute Gasteiger partial charge is 0.501 e. The van der Waals surface area contributed by atoms with Gasteiger partial charge in [-0.3, -0.25) is 0 Å². The van der Waals surface area contributed by atoms with Gasteiger partial charge in [0, 0.05) is 18.5 Å². The van der Waals surface area contributed by atoms with E-state index in [1.807, 2.05) is 20.8 Å². The van der Waals surface area contributed by atoms with Gasteiger partial charge in [0.2, 0.25) is 0 Å². The lowest BCUT2D eigenvalue weighted by molar-refractivity contribution is -0.0436. The molecule has 3 rings (SSSR count). The number of amides is 1. The second-order valence-corrected chi connectivity index (χ2v) is 10.8. The SMILES string of the molecule is CC(C)(C)OC(=O)N1CC2(CC/C(=C\c3cccc(S(=O)(=O)C(F)(F)F)c3)C2)C1. The predicted octanol–water partition coefficient (Wildman–Crippen LogP) is 4.78. The molecule has 29 heavy (non-hydrogen) atoms. The van der Waals surface area contributed by atoms with Gasteiger partial charge in [-0.2, -0.15) is 13.2 Å². The molecule has 1 aliphatic heterocycles. The number of carbonyl (C=O) groups is 1. The highest BCUT2D eigenvalue weighted by molar-refractivity contribution is 7.92. The van der Waals surface area contributed by atoms with Crippen molar-refractivity contribution >= 4 is 22.0 Å². The molecule has 0 bridgehead atoms. The van der Waals surface area contributed by atoms with Gasteiger partial charge in [0.05, 0.1) is 4.90 Å². The van der Waals surface area contributed by atoms with Crippen molar-refractivity contribution < 1.29 is 31.1 Å². The van der Waals surface area contributed by atoms with Crippen molar-refractivity contribution in [3.8, 4) is 0 Å². The number of hydrogen-bond donors (Lipinski definition) is 0. The highest BCUT2D eigenvalue weighted by atomic mass is 32.2. The number of likely N-dealkylation sites (tertiary alicyclic amines) is 1. The van der Waals surface area contributed by atoms with Gasteiger partial charge in [-0.1, -0.05) is 23.8 Å². The highest BCUT2D eigenvalue weighted by Crippen LogP contribution is 2.48. The molecule has 1 saturated heterocycles. The fraction of sp³-hybridized carbons (Fsp3) is 0.550. The normalized spacial score (nSPS) is 20.8. The molecule has 1 aromatic rings. The predicted molar refractivity (Wildman–Crippen MR) is 102 cm³/mol. The monoisotopic (exact) mass is 431 g/mol. The number of ether oxygens (including phenoxy) is 1. The van der Waals surface area contributed by atoms with Gasteiger partial charge in [0.1, 0.15) is 5.60 Å². The maximum atomic E-state index is 12.8. The molecule has 1 saturated carbocycles. The molecule has 0 atom stereocenters. The number of halogens is 3. The minimum Gasteiger partial charge on any atom is -0.444 e. The minimum absolute atomic E-state index is 0.0294. The smallest absolute Gasteiger partial charge is 0.444 e. The Balaban J connectivity index is 1.68. The van der Waals surface area contributed by atoms with Crippen molar-refractivity contribution in [1.82, 2.24) is 4.90 Å². The Hall–Kier alpha value is -2.03. The number of allylic oxidation sites excluding steroid dienone is 1. The maximum absolute atomic E-state index is 12.8. The van der Waals surface area contributed by atoms with Crippen LogP contribution in [0.1, 0.15) is 45.6 Å². The van der Waals surface area contributed by atoms with Crippen LogP contribution in [0.3, 0.4) is 0 Å². The van der Waals surface area contributed by atoms with Crippen LogP contribution < -0.4 is 0 Å². The first kappa shape index (κ1) is 21.7. The molecule has 1 aromatic carbocycles.